The van der Waals surface area contributed by atoms with E-state index in [2.05, 4.69) is 18.4 Å². The molecule has 3 nitrogen and oxygen atoms in total. The largest absolute Gasteiger partial charge is 0.493 e. The second-order valence-electron chi connectivity index (χ2n) is 3.65. The highest BCUT2D eigenvalue weighted by atomic mass is 32.2. The molecule has 0 N–H and O–H groups in total. The average molecular weight is 270 g/mol. The van der Waals surface area contributed by atoms with Crippen molar-refractivity contribution in [3.05, 3.63) is 24.3 Å². The van der Waals surface area contributed by atoms with Crippen LogP contribution in [0, 0.1) is 0 Å². The number of thioether (sulfide) groups is 1. The zero-order valence-electron chi connectivity index (χ0n) is 11.3. The highest BCUT2D eigenvalue weighted by molar-refractivity contribution is 7.98. The highest BCUT2D eigenvalue weighted by Gasteiger charge is 2.07. The molecule has 1 rings (SSSR count). The summed E-state index contributed by atoms with van der Waals surface area (Å²) in [6, 6.07) is 8.09. The van der Waals surface area contributed by atoms with Gasteiger partial charge in [0.2, 0.25) is 0 Å². The lowest BCUT2D eigenvalue weighted by Crippen LogP contribution is -2.20. The summed E-state index contributed by atoms with van der Waals surface area (Å²) in [6.07, 6.45) is 2.64. The van der Waals surface area contributed by atoms with E-state index in [9.17, 15) is 0 Å². The normalized spacial score (nSPS) is 10.9. The van der Waals surface area contributed by atoms with Crippen molar-refractivity contribution in [2.45, 2.75) is 31.5 Å². The summed E-state index contributed by atoms with van der Waals surface area (Å²) in [4.78, 5) is 1.24. The monoisotopic (exact) mass is 270 g/mol. The molecule has 0 fully saturated rings. The molecule has 0 aliphatic rings. The molecule has 0 bridgehead atoms. The fraction of sp³-hybridized carbons (Fsp3) is 0.571. The summed E-state index contributed by atoms with van der Waals surface area (Å²) in [6.45, 7) is 5.85. The number of hydrogen-bond donors (Lipinski definition) is 0. The van der Waals surface area contributed by atoms with E-state index in [0.717, 1.165) is 12.2 Å². The van der Waals surface area contributed by atoms with Crippen molar-refractivity contribution >= 4 is 11.8 Å². The predicted molar refractivity (Wildman–Crippen MR) is 75.4 cm³/mol. The average Bonchev–Trinajstić information content (AvgIpc) is 2.40. The van der Waals surface area contributed by atoms with Crippen molar-refractivity contribution in [2.75, 3.05) is 26.1 Å². The molecule has 0 aliphatic heterocycles. The van der Waals surface area contributed by atoms with Gasteiger partial charge >= 0.3 is 0 Å². The molecule has 0 radical (unpaired) electrons. The van der Waals surface area contributed by atoms with Crippen molar-refractivity contribution in [3.63, 3.8) is 0 Å². The number of benzene rings is 1. The van der Waals surface area contributed by atoms with Gasteiger partial charge in [-0.15, -0.1) is 11.8 Å². The summed E-state index contributed by atoms with van der Waals surface area (Å²) in [5, 5.41) is 0. The van der Waals surface area contributed by atoms with Crippen LogP contribution in [0.3, 0.4) is 0 Å². The van der Waals surface area contributed by atoms with Gasteiger partial charge in [0.25, 0.3) is 0 Å². The van der Waals surface area contributed by atoms with E-state index in [1.165, 1.54) is 4.90 Å². The van der Waals surface area contributed by atoms with Crippen LogP contribution in [0.25, 0.3) is 0 Å². The number of ether oxygens (including phenoxy) is 3. The molecule has 0 aromatic heterocycles. The molecule has 0 unspecified atom stereocenters. The molecule has 0 heterocycles. The van der Waals surface area contributed by atoms with Crippen molar-refractivity contribution < 1.29 is 14.2 Å². The molecular weight excluding hydrogens is 248 g/mol. The Balaban J connectivity index is 2.30. The van der Waals surface area contributed by atoms with E-state index >= 15 is 0 Å². The summed E-state index contributed by atoms with van der Waals surface area (Å²) >= 11 is 1.72. The Bertz CT molecular complexity index is 307. The Hall–Kier alpha value is -0.710. The van der Waals surface area contributed by atoms with E-state index in [1.807, 2.05) is 26.0 Å². The Morgan fingerprint density at radius 1 is 1.06 bits per heavy atom. The van der Waals surface area contributed by atoms with Gasteiger partial charge in [0, 0.05) is 24.5 Å². The smallest absolute Gasteiger partial charge is 0.160 e. The Labute approximate surface area is 114 Å². The summed E-state index contributed by atoms with van der Waals surface area (Å²) in [5.74, 6) is 0.888. The maximum Gasteiger partial charge on any atom is 0.160 e. The topological polar surface area (TPSA) is 27.7 Å². The van der Waals surface area contributed by atoms with Gasteiger partial charge in [0.15, 0.2) is 6.29 Å². The quantitative estimate of drug-likeness (QED) is 0.506. The third kappa shape index (κ3) is 5.76. The van der Waals surface area contributed by atoms with Crippen molar-refractivity contribution in [1.29, 1.82) is 0 Å². The Morgan fingerprint density at radius 3 is 2.17 bits per heavy atom. The van der Waals surface area contributed by atoms with E-state index in [-0.39, 0.29) is 6.29 Å². The fourth-order valence-electron chi connectivity index (χ4n) is 1.53. The minimum Gasteiger partial charge on any atom is -0.493 e. The minimum absolute atomic E-state index is 0.162. The SMILES string of the molecule is CCOC(CCOc1ccc(SC)cc1)OCC. The van der Waals surface area contributed by atoms with Gasteiger partial charge in [-0.1, -0.05) is 0 Å². The van der Waals surface area contributed by atoms with Crippen LogP contribution >= 0.6 is 11.8 Å². The van der Waals surface area contributed by atoms with Gasteiger partial charge < -0.3 is 14.2 Å². The molecule has 0 spiro atoms. The molecule has 0 aliphatic carbocycles. The van der Waals surface area contributed by atoms with Gasteiger partial charge in [-0.2, -0.15) is 0 Å². The molecule has 0 amide bonds. The molecule has 18 heavy (non-hydrogen) atoms. The van der Waals surface area contributed by atoms with Gasteiger partial charge in [-0.3, -0.25) is 0 Å². The van der Waals surface area contributed by atoms with Crippen LogP contribution in [-0.2, 0) is 9.47 Å². The van der Waals surface area contributed by atoms with Crippen LogP contribution < -0.4 is 4.74 Å². The molecule has 0 saturated heterocycles. The summed E-state index contributed by atoms with van der Waals surface area (Å²) in [5.41, 5.74) is 0. The summed E-state index contributed by atoms with van der Waals surface area (Å²) in [7, 11) is 0. The molecule has 0 saturated carbocycles. The second kappa shape index (κ2) is 9.25. The zero-order chi connectivity index (χ0) is 13.2. The van der Waals surface area contributed by atoms with E-state index < -0.39 is 0 Å². The van der Waals surface area contributed by atoms with Crippen molar-refractivity contribution in [3.8, 4) is 5.75 Å². The van der Waals surface area contributed by atoms with Crippen molar-refractivity contribution in [1.82, 2.24) is 0 Å². The summed E-state index contributed by atoms with van der Waals surface area (Å²) < 4.78 is 16.6. The second-order valence-corrected chi connectivity index (χ2v) is 4.53. The number of rotatable bonds is 9. The van der Waals surface area contributed by atoms with Crippen LogP contribution in [0.1, 0.15) is 20.3 Å². The minimum atomic E-state index is -0.162. The fourth-order valence-corrected chi connectivity index (χ4v) is 1.94. The molecule has 0 atom stereocenters. The van der Waals surface area contributed by atoms with Crippen LogP contribution in [0.5, 0.6) is 5.75 Å². The highest BCUT2D eigenvalue weighted by Crippen LogP contribution is 2.19. The van der Waals surface area contributed by atoms with Crippen LogP contribution in [0.15, 0.2) is 29.2 Å². The maximum atomic E-state index is 5.66. The van der Waals surface area contributed by atoms with E-state index in [0.29, 0.717) is 19.8 Å². The predicted octanol–water partition coefficient (Wildman–Crippen LogP) is 3.58. The van der Waals surface area contributed by atoms with Crippen LogP contribution in [0.4, 0.5) is 0 Å². The third-order valence-corrected chi connectivity index (χ3v) is 3.13. The first kappa shape index (κ1) is 15.3. The number of hydrogen-bond acceptors (Lipinski definition) is 4. The lowest BCUT2D eigenvalue weighted by molar-refractivity contribution is -0.142. The Morgan fingerprint density at radius 2 is 1.67 bits per heavy atom. The molecule has 1 aromatic carbocycles. The zero-order valence-corrected chi connectivity index (χ0v) is 12.2. The van der Waals surface area contributed by atoms with Gasteiger partial charge in [0.1, 0.15) is 5.75 Å². The first-order valence-corrected chi connectivity index (χ1v) is 7.52. The molecule has 4 heteroatoms. The van der Waals surface area contributed by atoms with Crippen LogP contribution in [0.2, 0.25) is 0 Å². The van der Waals surface area contributed by atoms with Crippen LogP contribution in [-0.4, -0.2) is 32.4 Å². The first-order chi connectivity index (χ1) is 8.80. The van der Waals surface area contributed by atoms with Gasteiger partial charge in [-0.05, 0) is 44.4 Å². The molecular formula is C14H22O3S. The van der Waals surface area contributed by atoms with E-state index in [4.69, 9.17) is 14.2 Å². The molecule has 102 valence electrons. The lowest BCUT2D eigenvalue weighted by atomic mass is 10.3. The Kier molecular flexibility index (Phi) is 7.89. The van der Waals surface area contributed by atoms with Crippen molar-refractivity contribution in [2.24, 2.45) is 0 Å². The van der Waals surface area contributed by atoms with Gasteiger partial charge in [0.05, 0.1) is 6.61 Å². The van der Waals surface area contributed by atoms with E-state index in [1.54, 1.807) is 11.8 Å². The third-order valence-electron chi connectivity index (χ3n) is 2.39. The molecule has 1 aromatic rings. The maximum absolute atomic E-state index is 5.66. The lowest BCUT2D eigenvalue weighted by Gasteiger charge is -2.17. The first-order valence-electron chi connectivity index (χ1n) is 6.30. The van der Waals surface area contributed by atoms with Gasteiger partial charge in [-0.25, -0.2) is 0 Å². The standard InChI is InChI=1S/C14H22O3S/c1-4-15-14(16-5-2)10-11-17-12-6-8-13(18-3)9-7-12/h6-9,14H,4-5,10-11H2,1-3H3.